The molecule has 0 N–H and O–H groups in total. The minimum Gasteiger partial charge on any atom is -0.303 e. The third kappa shape index (κ3) is 4.16. The fourth-order valence-electron chi connectivity index (χ4n) is 3.77. The van der Waals surface area contributed by atoms with E-state index in [9.17, 15) is 0 Å². The number of rotatable bonds is 5. The highest BCUT2D eigenvalue weighted by atomic mass is 15.1. The van der Waals surface area contributed by atoms with Crippen LogP contribution in [-0.2, 0) is 0 Å². The third-order valence-corrected chi connectivity index (χ3v) is 5.63. The van der Waals surface area contributed by atoms with Crippen molar-refractivity contribution in [2.75, 3.05) is 14.1 Å². The van der Waals surface area contributed by atoms with Crippen LogP contribution < -0.4 is 0 Å². The van der Waals surface area contributed by atoms with Crippen molar-refractivity contribution in [2.45, 2.75) is 13.0 Å². The Balaban J connectivity index is 2.01. The quantitative estimate of drug-likeness (QED) is 0.337. The van der Waals surface area contributed by atoms with Crippen molar-refractivity contribution < 1.29 is 0 Å². The van der Waals surface area contributed by atoms with Gasteiger partial charge in [-0.15, -0.1) is 0 Å². The highest BCUT2D eigenvalue weighted by Crippen LogP contribution is 2.35. The maximum Gasteiger partial charge on any atom is 0.0320 e. The molecule has 4 rings (SSSR count). The van der Waals surface area contributed by atoms with Gasteiger partial charge in [-0.2, -0.15) is 0 Å². The Morgan fingerprint density at radius 3 is 1.90 bits per heavy atom. The van der Waals surface area contributed by atoms with Gasteiger partial charge in [0.15, 0.2) is 0 Å². The van der Waals surface area contributed by atoms with E-state index >= 15 is 0 Å². The van der Waals surface area contributed by atoms with E-state index in [1.807, 2.05) is 0 Å². The average Bonchev–Trinajstić information content (AvgIpc) is 2.77. The second kappa shape index (κ2) is 8.46. The highest BCUT2D eigenvalue weighted by Gasteiger charge is 2.18. The first-order valence-electron chi connectivity index (χ1n) is 10.1. The van der Waals surface area contributed by atoms with Gasteiger partial charge in [0.05, 0.1) is 0 Å². The number of nitrogens with zero attached hydrogens (tertiary/aromatic N) is 1. The molecule has 1 atom stereocenters. The molecule has 0 aliphatic heterocycles. The zero-order valence-corrected chi connectivity index (χ0v) is 17.3. The summed E-state index contributed by atoms with van der Waals surface area (Å²) in [6.07, 6.45) is 2.31. The maximum absolute atomic E-state index is 2.36. The Morgan fingerprint density at radius 2 is 1.28 bits per heavy atom. The summed E-state index contributed by atoms with van der Waals surface area (Å²) in [5, 5.41) is 2.55. The van der Waals surface area contributed by atoms with Crippen LogP contribution >= 0.6 is 0 Å². The van der Waals surface area contributed by atoms with E-state index < -0.39 is 0 Å². The predicted molar refractivity (Wildman–Crippen MR) is 126 cm³/mol. The van der Waals surface area contributed by atoms with E-state index in [0.717, 1.165) is 0 Å². The molecule has 0 unspecified atom stereocenters. The number of hydrogen-bond acceptors (Lipinski definition) is 1. The molecular formula is C28H27N. The van der Waals surface area contributed by atoms with Crippen molar-refractivity contribution in [3.8, 4) is 0 Å². The molecule has 0 saturated carbocycles. The maximum atomic E-state index is 2.36. The molecule has 0 aliphatic carbocycles. The van der Waals surface area contributed by atoms with Crippen molar-refractivity contribution >= 4 is 22.4 Å². The van der Waals surface area contributed by atoms with Crippen LogP contribution in [0.25, 0.3) is 22.4 Å². The van der Waals surface area contributed by atoms with Crippen molar-refractivity contribution in [3.05, 3.63) is 119 Å². The average molecular weight is 378 g/mol. The fraction of sp³-hybridized carbons (Fsp3) is 0.143. The van der Waals surface area contributed by atoms with Crippen molar-refractivity contribution in [1.29, 1.82) is 0 Å². The molecule has 0 fully saturated rings. The van der Waals surface area contributed by atoms with Gasteiger partial charge in [0.25, 0.3) is 0 Å². The van der Waals surface area contributed by atoms with E-state index in [4.69, 9.17) is 0 Å². The van der Waals surface area contributed by atoms with Crippen LogP contribution in [-0.4, -0.2) is 19.0 Å². The van der Waals surface area contributed by atoms with Gasteiger partial charge in [-0.05, 0) is 77.8 Å². The first-order chi connectivity index (χ1) is 14.1. The van der Waals surface area contributed by atoms with E-state index in [2.05, 4.69) is 129 Å². The standard InChI is InChI=1S/C28H27N/c1-21(29(2)3)26-19-24-16-10-11-17-25(24)20-28(26)27(23-14-8-5-9-15-23)18-22-12-6-4-7-13-22/h4-21H,1-3H3/b27-18+/t21-/m0/s1. The van der Waals surface area contributed by atoms with Crippen LogP contribution in [0.3, 0.4) is 0 Å². The minimum absolute atomic E-state index is 0.303. The Labute approximate surface area is 173 Å². The molecule has 29 heavy (non-hydrogen) atoms. The molecule has 1 heteroatoms. The summed E-state index contributed by atoms with van der Waals surface area (Å²) in [4.78, 5) is 2.28. The van der Waals surface area contributed by atoms with Gasteiger partial charge in [0.1, 0.15) is 0 Å². The number of benzene rings is 4. The lowest BCUT2D eigenvalue weighted by molar-refractivity contribution is 0.321. The Morgan fingerprint density at radius 1 is 0.724 bits per heavy atom. The van der Waals surface area contributed by atoms with E-state index in [-0.39, 0.29) is 0 Å². The van der Waals surface area contributed by atoms with Crippen molar-refractivity contribution in [3.63, 3.8) is 0 Å². The lowest BCUT2D eigenvalue weighted by Crippen LogP contribution is -2.18. The number of fused-ring (bicyclic) bond motifs is 1. The molecule has 0 saturated heterocycles. The lowest BCUT2D eigenvalue weighted by Gasteiger charge is -2.25. The van der Waals surface area contributed by atoms with E-state index in [1.165, 1.54) is 38.6 Å². The zero-order valence-electron chi connectivity index (χ0n) is 17.3. The molecule has 4 aromatic carbocycles. The molecule has 144 valence electrons. The highest BCUT2D eigenvalue weighted by molar-refractivity contribution is 5.97. The van der Waals surface area contributed by atoms with Crippen LogP contribution in [0, 0.1) is 0 Å². The van der Waals surface area contributed by atoms with Gasteiger partial charge in [0, 0.05) is 6.04 Å². The van der Waals surface area contributed by atoms with Gasteiger partial charge in [-0.25, -0.2) is 0 Å². The lowest BCUT2D eigenvalue weighted by atomic mass is 9.87. The minimum atomic E-state index is 0.303. The first kappa shape index (κ1) is 19.2. The predicted octanol–water partition coefficient (Wildman–Crippen LogP) is 7.05. The monoisotopic (exact) mass is 377 g/mol. The van der Waals surface area contributed by atoms with Gasteiger partial charge in [0.2, 0.25) is 0 Å². The van der Waals surface area contributed by atoms with E-state index in [0.29, 0.717) is 6.04 Å². The van der Waals surface area contributed by atoms with Crippen molar-refractivity contribution in [1.82, 2.24) is 4.90 Å². The summed E-state index contributed by atoms with van der Waals surface area (Å²) in [5.41, 5.74) is 6.34. The summed E-state index contributed by atoms with van der Waals surface area (Å²) in [5.74, 6) is 0. The molecular weight excluding hydrogens is 350 g/mol. The number of hydrogen-bond donors (Lipinski definition) is 0. The van der Waals surface area contributed by atoms with Gasteiger partial charge >= 0.3 is 0 Å². The van der Waals surface area contributed by atoms with Crippen LogP contribution in [0.2, 0.25) is 0 Å². The van der Waals surface area contributed by atoms with Crippen LogP contribution in [0.4, 0.5) is 0 Å². The Hall–Kier alpha value is -3.16. The summed E-state index contributed by atoms with van der Waals surface area (Å²) >= 11 is 0. The molecule has 0 heterocycles. The van der Waals surface area contributed by atoms with Crippen LogP contribution in [0.5, 0.6) is 0 Å². The molecule has 0 amide bonds. The zero-order chi connectivity index (χ0) is 20.2. The largest absolute Gasteiger partial charge is 0.303 e. The smallest absolute Gasteiger partial charge is 0.0320 e. The Kier molecular flexibility index (Phi) is 5.59. The summed E-state index contributed by atoms with van der Waals surface area (Å²) in [6, 6.07) is 34.9. The molecule has 0 bridgehead atoms. The normalized spacial score (nSPS) is 13.0. The molecule has 0 aromatic heterocycles. The molecule has 0 radical (unpaired) electrons. The topological polar surface area (TPSA) is 3.24 Å². The molecule has 4 aromatic rings. The molecule has 0 aliphatic rings. The van der Waals surface area contributed by atoms with E-state index in [1.54, 1.807) is 0 Å². The van der Waals surface area contributed by atoms with Crippen LogP contribution in [0.1, 0.15) is 35.2 Å². The summed E-state index contributed by atoms with van der Waals surface area (Å²) in [6.45, 7) is 2.28. The third-order valence-electron chi connectivity index (χ3n) is 5.63. The van der Waals surface area contributed by atoms with Crippen molar-refractivity contribution in [2.24, 2.45) is 0 Å². The van der Waals surface area contributed by atoms with Crippen LogP contribution in [0.15, 0.2) is 97.1 Å². The van der Waals surface area contributed by atoms with Gasteiger partial charge in [-0.1, -0.05) is 84.9 Å². The first-order valence-corrected chi connectivity index (χ1v) is 10.1. The summed E-state index contributed by atoms with van der Waals surface area (Å²) in [7, 11) is 4.29. The SMILES string of the molecule is C[C@@H](c1cc2ccccc2cc1/C(=C/c1ccccc1)c1ccccc1)N(C)C. The summed E-state index contributed by atoms with van der Waals surface area (Å²) < 4.78 is 0. The second-order valence-corrected chi connectivity index (χ2v) is 7.76. The second-order valence-electron chi connectivity index (χ2n) is 7.76. The molecule has 0 spiro atoms. The van der Waals surface area contributed by atoms with Gasteiger partial charge in [-0.3, -0.25) is 0 Å². The Bertz CT molecular complexity index is 1120. The fourth-order valence-corrected chi connectivity index (χ4v) is 3.77. The molecule has 1 nitrogen and oxygen atoms in total. The van der Waals surface area contributed by atoms with Gasteiger partial charge < -0.3 is 4.90 Å².